The maximum atomic E-state index is 12.2. The number of carbonyl (C=O) groups is 1. The molecule has 4 N–H and O–H groups in total. The zero-order valence-electron chi connectivity index (χ0n) is 12.5. The van der Waals surface area contributed by atoms with Crippen LogP contribution < -0.4 is 10.9 Å². The standard InChI is InChI=1S/C15H21N3O3S/c1-11-8-13(9-16)10-18(11)15(19)7-4-12-2-5-14(6-3-12)22(17,20)21/h2-7,11,13H,8-10,16H2,1H3,(H2,17,20,21)/b7-4+. The molecule has 0 radical (unpaired) electrons. The van der Waals surface area contributed by atoms with Gasteiger partial charge in [-0.3, -0.25) is 4.79 Å². The average molecular weight is 323 g/mol. The summed E-state index contributed by atoms with van der Waals surface area (Å²) >= 11 is 0. The Bertz CT molecular complexity index is 668. The van der Waals surface area contributed by atoms with E-state index in [1.165, 1.54) is 18.2 Å². The summed E-state index contributed by atoms with van der Waals surface area (Å²) < 4.78 is 22.3. The first-order valence-corrected chi connectivity index (χ1v) is 8.67. The number of hydrogen-bond acceptors (Lipinski definition) is 4. The number of rotatable bonds is 4. The number of benzene rings is 1. The predicted octanol–water partition coefficient (Wildman–Crippen LogP) is 0.543. The fraction of sp³-hybridized carbons (Fsp3) is 0.400. The molecule has 1 aliphatic heterocycles. The fourth-order valence-electron chi connectivity index (χ4n) is 2.65. The summed E-state index contributed by atoms with van der Waals surface area (Å²) in [4.78, 5) is 14.1. The number of likely N-dealkylation sites (tertiary alicyclic amines) is 1. The van der Waals surface area contributed by atoms with Crippen LogP contribution in [-0.4, -0.2) is 38.4 Å². The molecule has 0 saturated carbocycles. The number of hydrogen-bond donors (Lipinski definition) is 2. The lowest BCUT2D eigenvalue weighted by atomic mass is 10.1. The van der Waals surface area contributed by atoms with Crippen LogP contribution in [0.1, 0.15) is 18.9 Å². The minimum absolute atomic E-state index is 0.0509. The fourth-order valence-corrected chi connectivity index (χ4v) is 3.17. The molecule has 0 spiro atoms. The van der Waals surface area contributed by atoms with Crippen molar-refractivity contribution in [3.8, 4) is 0 Å². The molecule has 1 amide bonds. The molecule has 22 heavy (non-hydrogen) atoms. The van der Waals surface area contributed by atoms with Gasteiger partial charge in [0, 0.05) is 18.7 Å². The largest absolute Gasteiger partial charge is 0.336 e. The van der Waals surface area contributed by atoms with E-state index in [4.69, 9.17) is 10.9 Å². The molecule has 1 saturated heterocycles. The molecule has 6 nitrogen and oxygen atoms in total. The van der Waals surface area contributed by atoms with Crippen LogP contribution in [0.5, 0.6) is 0 Å². The normalized spacial score (nSPS) is 22.4. The molecule has 1 aromatic rings. The molecule has 1 aromatic carbocycles. The Balaban J connectivity index is 2.04. The van der Waals surface area contributed by atoms with Crippen LogP contribution >= 0.6 is 0 Å². The Hall–Kier alpha value is -1.70. The summed E-state index contributed by atoms with van der Waals surface area (Å²) in [7, 11) is -3.69. The lowest BCUT2D eigenvalue weighted by Crippen LogP contribution is -2.33. The molecular formula is C15H21N3O3S. The van der Waals surface area contributed by atoms with Crippen LogP contribution in [0.15, 0.2) is 35.2 Å². The molecule has 7 heteroatoms. The zero-order chi connectivity index (χ0) is 16.3. The summed E-state index contributed by atoms with van der Waals surface area (Å²) in [5.74, 6) is 0.306. The van der Waals surface area contributed by atoms with Crippen LogP contribution in [-0.2, 0) is 14.8 Å². The van der Waals surface area contributed by atoms with Crippen molar-refractivity contribution in [2.24, 2.45) is 16.8 Å². The molecule has 2 unspecified atom stereocenters. The third-order valence-corrected chi connectivity index (χ3v) is 4.83. The molecule has 1 aliphatic rings. The lowest BCUT2D eigenvalue weighted by Gasteiger charge is -2.19. The maximum Gasteiger partial charge on any atom is 0.246 e. The highest BCUT2D eigenvalue weighted by Gasteiger charge is 2.30. The van der Waals surface area contributed by atoms with Gasteiger partial charge in [-0.15, -0.1) is 0 Å². The van der Waals surface area contributed by atoms with Gasteiger partial charge in [-0.05, 0) is 49.6 Å². The van der Waals surface area contributed by atoms with Crippen LogP contribution in [0.2, 0.25) is 0 Å². The van der Waals surface area contributed by atoms with E-state index in [1.807, 2.05) is 11.8 Å². The first-order valence-electron chi connectivity index (χ1n) is 7.13. The Kier molecular flexibility index (Phi) is 5.00. The second-order valence-electron chi connectivity index (χ2n) is 5.62. The minimum atomic E-state index is -3.69. The van der Waals surface area contributed by atoms with Gasteiger partial charge < -0.3 is 10.6 Å². The van der Waals surface area contributed by atoms with E-state index >= 15 is 0 Å². The Labute approximate surface area is 130 Å². The first kappa shape index (κ1) is 16.7. The second-order valence-corrected chi connectivity index (χ2v) is 7.19. The van der Waals surface area contributed by atoms with Crippen LogP contribution in [0.3, 0.4) is 0 Å². The van der Waals surface area contributed by atoms with Gasteiger partial charge in [0.15, 0.2) is 0 Å². The van der Waals surface area contributed by atoms with Gasteiger partial charge in [-0.1, -0.05) is 12.1 Å². The van der Waals surface area contributed by atoms with Gasteiger partial charge in [0.1, 0.15) is 0 Å². The van der Waals surface area contributed by atoms with Gasteiger partial charge in [0.2, 0.25) is 15.9 Å². The predicted molar refractivity (Wildman–Crippen MR) is 85.2 cm³/mol. The van der Waals surface area contributed by atoms with Crippen LogP contribution in [0.25, 0.3) is 6.08 Å². The van der Waals surface area contributed by atoms with Gasteiger partial charge in [0.05, 0.1) is 4.90 Å². The van der Waals surface area contributed by atoms with E-state index in [1.54, 1.807) is 18.2 Å². The highest BCUT2D eigenvalue weighted by atomic mass is 32.2. The topological polar surface area (TPSA) is 106 Å². The Morgan fingerprint density at radius 1 is 1.36 bits per heavy atom. The first-order chi connectivity index (χ1) is 10.3. The van der Waals surface area contributed by atoms with Crippen molar-refractivity contribution >= 4 is 22.0 Å². The molecular weight excluding hydrogens is 302 g/mol. The molecule has 120 valence electrons. The third kappa shape index (κ3) is 3.94. The number of primary sulfonamides is 1. The summed E-state index contributed by atoms with van der Waals surface area (Å²) in [5, 5.41) is 5.04. The molecule has 1 fully saturated rings. The number of carbonyl (C=O) groups excluding carboxylic acids is 1. The SMILES string of the molecule is CC1CC(CN)CN1C(=O)/C=C/c1ccc(S(N)(=O)=O)cc1. The highest BCUT2D eigenvalue weighted by Crippen LogP contribution is 2.22. The quantitative estimate of drug-likeness (QED) is 0.789. The van der Waals surface area contributed by atoms with E-state index < -0.39 is 10.0 Å². The van der Waals surface area contributed by atoms with E-state index in [-0.39, 0.29) is 16.8 Å². The summed E-state index contributed by atoms with van der Waals surface area (Å²) in [6.07, 6.45) is 4.10. The third-order valence-electron chi connectivity index (χ3n) is 3.90. The lowest BCUT2D eigenvalue weighted by molar-refractivity contribution is -0.126. The number of sulfonamides is 1. The maximum absolute atomic E-state index is 12.2. The van der Waals surface area contributed by atoms with Crippen molar-refractivity contribution in [2.45, 2.75) is 24.3 Å². The van der Waals surface area contributed by atoms with Crippen LogP contribution in [0, 0.1) is 5.92 Å². The van der Waals surface area contributed by atoms with Crippen molar-refractivity contribution < 1.29 is 13.2 Å². The van der Waals surface area contributed by atoms with E-state index in [0.29, 0.717) is 19.0 Å². The smallest absolute Gasteiger partial charge is 0.246 e. The van der Waals surface area contributed by atoms with E-state index in [2.05, 4.69) is 0 Å². The Morgan fingerprint density at radius 2 is 2.00 bits per heavy atom. The highest BCUT2D eigenvalue weighted by molar-refractivity contribution is 7.89. The zero-order valence-corrected chi connectivity index (χ0v) is 13.3. The van der Waals surface area contributed by atoms with Gasteiger partial charge in [-0.25, -0.2) is 13.6 Å². The monoisotopic (exact) mass is 323 g/mol. The van der Waals surface area contributed by atoms with Crippen molar-refractivity contribution in [1.29, 1.82) is 0 Å². The molecule has 0 aromatic heterocycles. The van der Waals surface area contributed by atoms with E-state index in [9.17, 15) is 13.2 Å². The molecule has 2 rings (SSSR count). The van der Waals surface area contributed by atoms with Crippen molar-refractivity contribution in [3.63, 3.8) is 0 Å². The van der Waals surface area contributed by atoms with Gasteiger partial charge >= 0.3 is 0 Å². The van der Waals surface area contributed by atoms with Crippen molar-refractivity contribution in [1.82, 2.24) is 4.90 Å². The van der Waals surface area contributed by atoms with Gasteiger partial charge in [-0.2, -0.15) is 0 Å². The molecule has 0 aliphatic carbocycles. The van der Waals surface area contributed by atoms with Crippen molar-refractivity contribution in [2.75, 3.05) is 13.1 Å². The van der Waals surface area contributed by atoms with Crippen LogP contribution in [0.4, 0.5) is 0 Å². The molecule has 0 bridgehead atoms. The molecule has 2 atom stereocenters. The Morgan fingerprint density at radius 3 is 2.50 bits per heavy atom. The second kappa shape index (κ2) is 6.60. The molecule has 1 heterocycles. The number of nitrogens with zero attached hydrogens (tertiary/aromatic N) is 1. The number of nitrogens with two attached hydrogens (primary N) is 2. The van der Waals surface area contributed by atoms with Gasteiger partial charge in [0.25, 0.3) is 0 Å². The van der Waals surface area contributed by atoms with Crippen molar-refractivity contribution in [3.05, 3.63) is 35.9 Å². The average Bonchev–Trinajstić information content (AvgIpc) is 2.85. The summed E-state index contributed by atoms with van der Waals surface area (Å²) in [6.45, 7) is 3.29. The summed E-state index contributed by atoms with van der Waals surface area (Å²) in [6, 6.07) is 6.25. The minimum Gasteiger partial charge on any atom is -0.336 e. The number of amides is 1. The van der Waals surface area contributed by atoms with E-state index in [0.717, 1.165) is 12.0 Å². The summed E-state index contributed by atoms with van der Waals surface area (Å²) in [5.41, 5.74) is 6.40.